The predicted molar refractivity (Wildman–Crippen MR) is 133 cm³/mol. The molecule has 32 heavy (non-hydrogen) atoms. The summed E-state index contributed by atoms with van der Waals surface area (Å²) in [4.78, 5) is 13.0. The zero-order valence-electron chi connectivity index (χ0n) is 19.7. The van der Waals surface area contributed by atoms with Crippen molar-refractivity contribution in [3.63, 3.8) is 0 Å². The predicted octanol–water partition coefficient (Wildman–Crippen LogP) is 5.08. The van der Waals surface area contributed by atoms with Gasteiger partial charge in [0.15, 0.2) is 0 Å². The van der Waals surface area contributed by atoms with Gasteiger partial charge in [-0.05, 0) is 61.8 Å². The summed E-state index contributed by atoms with van der Waals surface area (Å²) < 4.78 is 0. The van der Waals surface area contributed by atoms with Crippen LogP contribution in [-0.4, -0.2) is 19.2 Å². The van der Waals surface area contributed by atoms with Crippen LogP contribution < -0.4 is 16.0 Å². The summed E-state index contributed by atoms with van der Waals surface area (Å²) in [5.41, 5.74) is 8.68. The molecule has 0 radical (unpaired) electrons. The monoisotopic (exact) mass is 430 g/mol. The Hall–Kier alpha value is -3.34. The number of carbonyl (C=O) groups is 1. The first-order valence-corrected chi connectivity index (χ1v) is 11.3. The number of allylic oxidation sites excluding steroid dienone is 13. The van der Waals surface area contributed by atoms with Gasteiger partial charge in [0.25, 0.3) is 5.91 Å². The van der Waals surface area contributed by atoms with Crippen molar-refractivity contribution in [3.05, 3.63) is 93.2 Å². The Balaban J connectivity index is 2.16. The molecule has 2 aliphatic carbocycles. The minimum absolute atomic E-state index is 0.117. The highest BCUT2D eigenvalue weighted by Crippen LogP contribution is 2.36. The number of nitrogens with one attached hydrogen (secondary N) is 4. The third-order valence-corrected chi connectivity index (χ3v) is 6.03. The highest BCUT2D eigenvalue weighted by atomic mass is 16.2. The molecular formula is C27H34N4O. The van der Waals surface area contributed by atoms with E-state index in [1.165, 1.54) is 22.9 Å². The lowest BCUT2D eigenvalue weighted by Gasteiger charge is -2.13. The summed E-state index contributed by atoms with van der Waals surface area (Å²) in [6.45, 7) is 8.40. The molecule has 3 aliphatic rings. The fourth-order valence-electron chi connectivity index (χ4n) is 4.22. The van der Waals surface area contributed by atoms with Crippen LogP contribution >= 0.6 is 0 Å². The molecule has 0 spiro atoms. The van der Waals surface area contributed by atoms with E-state index in [9.17, 15) is 4.79 Å². The van der Waals surface area contributed by atoms with Gasteiger partial charge in [0.05, 0.1) is 11.3 Å². The standard InChI is InChI=1S/C27H34N4O/c1-6-19-10-8-9-17(3)23(12-19)21-11-20(7-2)13-25-24(14-21)26(27(32)31-25)18(4)30-22(15-28)16-29-5/h8-9,11-16,20,28-30H,6-7,10H2,1-5H3,(H,31,32)/b22-16+,26-18-,28-15?. The van der Waals surface area contributed by atoms with Crippen molar-refractivity contribution in [1.29, 1.82) is 5.41 Å². The van der Waals surface area contributed by atoms with E-state index < -0.39 is 0 Å². The number of amides is 1. The van der Waals surface area contributed by atoms with Gasteiger partial charge in [0.2, 0.25) is 0 Å². The summed E-state index contributed by atoms with van der Waals surface area (Å²) in [7, 11) is 1.78. The normalized spacial score (nSPS) is 22.6. The van der Waals surface area contributed by atoms with Gasteiger partial charge in [0, 0.05) is 36.4 Å². The maximum atomic E-state index is 13.0. The Kier molecular flexibility index (Phi) is 7.52. The van der Waals surface area contributed by atoms with E-state index in [1.807, 2.05) is 6.92 Å². The van der Waals surface area contributed by atoms with Gasteiger partial charge >= 0.3 is 0 Å². The average Bonchev–Trinajstić information content (AvgIpc) is 2.90. The van der Waals surface area contributed by atoms with Gasteiger partial charge in [0.1, 0.15) is 0 Å². The Morgan fingerprint density at radius 3 is 2.72 bits per heavy atom. The number of fused-ring (bicyclic) bond motifs is 1. The van der Waals surface area contributed by atoms with Gasteiger partial charge < -0.3 is 21.4 Å². The zero-order chi connectivity index (χ0) is 23.3. The van der Waals surface area contributed by atoms with Crippen LogP contribution in [0.5, 0.6) is 0 Å². The lowest BCUT2D eigenvalue weighted by molar-refractivity contribution is -0.115. The van der Waals surface area contributed by atoms with Crippen molar-refractivity contribution in [3.8, 4) is 0 Å². The second kappa shape index (κ2) is 10.3. The first-order valence-electron chi connectivity index (χ1n) is 11.3. The molecule has 0 aromatic heterocycles. The molecule has 1 unspecified atom stereocenters. The molecular weight excluding hydrogens is 396 g/mol. The van der Waals surface area contributed by atoms with Crippen LogP contribution in [-0.2, 0) is 4.79 Å². The second-order valence-electron chi connectivity index (χ2n) is 8.30. The molecule has 1 amide bonds. The maximum Gasteiger partial charge on any atom is 0.258 e. The van der Waals surface area contributed by atoms with E-state index in [-0.39, 0.29) is 11.8 Å². The molecule has 4 N–H and O–H groups in total. The topological polar surface area (TPSA) is 77.0 Å². The average molecular weight is 431 g/mol. The first-order chi connectivity index (χ1) is 15.4. The third-order valence-electron chi connectivity index (χ3n) is 6.03. The molecule has 1 aliphatic heterocycles. The van der Waals surface area contributed by atoms with E-state index >= 15 is 0 Å². The number of hydrogen-bond donors (Lipinski definition) is 4. The smallest absolute Gasteiger partial charge is 0.258 e. The van der Waals surface area contributed by atoms with Gasteiger partial charge in [-0.3, -0.25) is 4.79 Å². The van der Waals surface area contributed by atoms with Gasteiger partial charge in [-0.1, -0.05) is 49.8 Å². The SMILES string of the molecule is CCC1=CC(C2=CC(CC)C=C3NC(=O)/C(=C(/C)N/C(C=N)=C/NC)C3=C2)=C(C)C=CC1. The van der Waals surface area contributed by atoms with Crippen LogP contribution in [0.15, 0.2) is 93.2 Å². The third kappa shape index (κ3) is 4.93. The highest BCUT2D eigenvalue weighted by molar-refractivity contribution is 6.06. The van der Waals surface area contributed by atoms with Crippen molar-refractivity contribution < 1.29 is 4.79 Å². The number of rotatable bonds is 7. The molecule has 5 heteroatoms. The zero-order valence-corrected chi connectivity index (χ0v) is 19.7. The molecule has 5 nitrogen and oxygen atoms in total. The maximum absolute atomic E-state index is 13.0. The fourth-order valence-corrected chi connectivity index (χ4v) is 4.22. The Bertz CT molecular complexity index is 1060. The number of hydrogen-bond acceptors (Lipinski definition) is 4. The summed E-state index contributed by atoms with van der Waals surface area (Å²) >= 11 is 0. The van der Waals surface area contributed by atoms with Crippen LogP contribution in [0.25, 0.3) is 0 Å². The minimum Gasteiger partial charge on any atom is -0.392 e. The molecule has 0 aromatic rings. The molecule has 1 saturated heterocycles. The second-order valence-corrected chi connectivity index (χ2v) is 8.30. The molecule has 168 valence electrons. The van der Waals surface area contributed by atoms with Gasteiger partial charge in [-0.15, -0.1) is 0 Å². The Morgan fingerprint density at radius 1 is 1.28 bits per heavy atom. The molecule has 0 bridgehead atoms. The summed E-state index contributed by atoms with van der Waals surface area (Å²) in [5.74, 6) is 0.114. The minimum atomic E-state index is -0.117. The van der Waals surface area contributed by atoms with E-state index in [0.29, 0.717) is 17.0 Å². The molecule has 1 heterocycles. The van der Waals surface area contributed by atoms with Crippen molar-refractivity contribution in [2.24, 2.45) is 5.92 Å². The molecule has 1 fully saturated rings. The Morgan fingerprint density at radius 2 is 2.06 bits per heavy atom. The van der Waals surface area contributed by atoms with Gasteiger partial charge in [-0.25, -0.2) is 0 Å². The first kappa shape index (κ1) is 23.3. The van der Waals surface area contributed by atoms with E-state index in [1.54, 1.807) is 13.2 Å². The summed E-state index contributed by atoms with van der Waals surface area (Å²) in [5, 5.41) is 16.8. The lowest BCUT2D eigenvalue weighted by atomic mass is 9.93. The lowest BCUT2D eigenvalue weighted by Crippen LogP contribution is -2.20. The molecule has 0 aromatic carbocycles. The number of carbonyl (C=O) groups excluding carboxylic acids is 1. The largest absolute Gasteiger partial charge is 0.392 e. The quantitative estimate of drug-likeness (QED) is 0.336. The van der Waals surface area contributed by atoms with Crippen LogP contribution in [0.3, 0.4) is 0 Å². The van der Waals surface area contributed by atoms with E-state index in [2.05, 4.69) is 73.2 Å². The Labute approximate surface area is 191 Å². The van der Waals surface area contributed by atoms with Crippen molar-refractivity contribution in [1.82, 2.24) is 16.0 Å². The molecule has 0 saturated carbocycles. The molecule has 1 atom stereocenters. The van der Waals surface area contributed by atoms with E-state index in [0.717, 1.165) is 36.1 Å². The molecule has 3 rings (SSSR count). The van der Waals surface area contributed by atoms with Gasteiger partial charge in [-0.2, -0.15) is 0 Å². The summed E-state index contributed by atoms with van der Waals surface area (Å²) in [6, 6.07) is 0. The highest BCUT2D eigenvalue weighted by Gasteiger charge is 2.31. The summed E-state index contributed by atoms with van der Waals surface area (Å²) in [6.07, 6.45) is 19.2. The van der Waals surface area contributed by atoms with Crippen LogP contribution in [0.1, 0.15) is 47.0 Å². The van der Waals surface area contributed by atoms with Crippen LogP contribution in [0.4, 0.5) is 0 Å². The van der Waals surface area contributed by atoms with Crippen molar-refractivity contribution >= 4 is 12.1 Å². The van der Waals surface area contributed by atoms with Crippen LogP contribution in [0.2, 0.25) is 0 Å². The van der Waals surface area contributed by atoms with Crippen molar-refractivity contribution in [2.75, 3.05) is 7.05 Å². The van der Waals surface area contributed by atoms with E-state index in [4.69, 9.17) is 5.41 Å². The van der Waals surface area contributed by atoms with Crippen LogP contribution in [0, 0.1) is 11.3 Å². The van der Waals surface area contributed by atoms with Crippen molar-refractivity contribution in [2.45, 2.75) is 47.0 Å². The fraction of sp³-hybridized carbons (Fsp3) is 0.333.